The molecule has 0 spiro atoms. The summed E-state index contributed by atoms with van der Waals surface area (Å²) < 4.78 is 0. The molecule has 1 amide bonds. The molecule has 5 nitrogen and oxygen atoms in total. The van der Waals surface area contributed by atoms with Gasteiger partial charge in [-0.2, -0.15) is 0 Å². The van der Waals surface area contributed by atoms with Crippen molar-refractivity contribution < 1.29 is 20.1 Å². The first-order chi connectivity index (χ1) is 22.5. The quantitative estimate of drug-likeness (QED) is 0.0414. The summed E-state index contributed by atoms with van der Waals surface area (Å²) >= 11 is 0. The van der Waals surface area contributed by atoms with Gasteiger partial charge in [0.25, 0.3) is 0 Å². The third-order valence-electron chi connectivity index (χ3n) is 8.57. The molecule has 3 atom stereocenters. The smallest absolute Gasteiger partial charge is 0.222 e. The first-order valence-corrected chi connectivity index (χ1v) is 19.4. The molecule has 0 aromatic heterocycles. The van der Waals surface area contributed by atoms with Gasteiger partial charge in [-0.15, -0.1) is 0 Å². The predicted octanol–water partition coefficient (Wildman–Crippen LogP) is 10.6. The summed E-state index contributed by atoms with van der Waals surface area (Å²) in [4.78, 5) is 12.3. The molecule has 0 aliphatic carbocycles. The van der Waals surface area contributed by atoms with Gasteiger partial charge >= 0.3 is 0 Å². The van der Waals surface area contributed by atoms with Crippen LogP contribution < -0.4 is 5.32 Å². The van der Waals surface area contributed by atoms with Crippen LogP contribution >= 0.6 is 0 Å². The fourth-order valence-electron chi connectivity index (χ4n) is 5.55. The van der Waals surface area contributed by atoms with Gasteiger partial charge in [-0.05, 0) is 70.6 Å². The average molecular weight is 646 g/mol. The second kappa shape index (κ2) is 36.2. The van der Waals surface area contributed by atoms with E-state index >= 15 is 0 Å². The van der Waals surface area contributed by atoms with E-state index in [9.17, 15) is 20.1 Å². The Bertz CT molecular complexity index is 760. The Morgan fingerprint density at radius 2 is 0.935 bits per heavy atom. The fourth-order valence-corrected chi connectivity index (χ4v) is 5.55. The van der Waals surface area contributed by atoms with Crippen LogP contribution in [0.1, 0.15) is 181 Å². The van der Waals surface area contributed by atoms with E-state index in [1.165, 1.54) is 109 Å². The Balaban J connectivity index is 3.83. The molecule has 0 aliphatic heterocycles. The van der Waals surface area contributed by atoms with Crippen molar-refractivity contribution in [2.75, 3.05) is 6.61 Å². The maximum Gasteiger partial charge on any atom is 0.222 e. The molecule has 0 aliphatic rings. The van der Waals surface area contributed by atoms with Crippen molar-refractivity contribution in [1.82, 2.24) is 5.32 Å². The fraction of sp³-hybridized carbons (Fsp3) is 0.780. The van der Waals surface area contributed by atoms with Crippen molar-refractivity contribution in [2.45, 2.75) is 199 Å². The Labute approximate surface area is 285 Å². The van der Waals surface area contributed by atoms with Crippen LogP contribution in [0, 0.1) is 0 Å². The topological polar surface area (TPSA) is 89.8 Å². The van der Waals surface area contributed by atoms with Gasteiger partial charge in [0.15, 0.2) is 0 Å². The number of hydrogen-bond acceptors (Lipinski definition) is 4. The molecule has 0 saturated carbocycles. The second-order valence-electron chi connectivity index (χ2n) is 13.2. The van der Waals surface area contributed by atoms with Crippen molar-refractivity contribution >= 4 is 5.91 Å². The lowest BCUT2D eigenvalue weighted by molar-refractivity contribution is -0.124. The number of hydrogen-bond donors (Lipinski definition) is 4. The molecule has 3 unspecified atom stereocenters. The number of carbonyl (C=O) groups excluding carboxylic acids is 1. The van der Waals surface area contributed by atoms with Crippen molar-refractivity contribution in [3.63, 3.8) is 0 Å². The van der Waals surface area contributed by atoms with Gasteiger partial charge in [0.2, 0.25) is 5.91 Å². The van der Waals surface area contributed by atoms with Gasteiger partial charge in [-0.25, -0.2) is 0 Å². The second-order valence-corrected chi connectivity index (χ2v) is 13.2. The standard InChI is InChI=1S/C41H75NO4/c1-3-5-7-9-11-13-15-16-17-18-19-20-21-22-23-25-27-29-31-33-35-40(45)39(37-43)42-41(46)36-38(44)34-32-30-28-26-24-14-12-10-8-6-4-2/h20-21,25-28,33,35,38-40,43-45H,3-19,22-24,29-32,34,36-37H2,1-2H3,(H,42,46)/b21-20+,27-25+,28-26-,35-33+. The molecule has 0 radical (unpaired) electrons. The molecule has 0 aromatic rings. The number of rotatable bonds is 34. The average Bonchev–Trinajstić information content (AvgIpc) is 3.05. The summed E-state index contributed by atoms with van der Waals surface area (Å²) in [7, 11) is 0. The lowest BCUT2D eigenvalue weighted by Gasteiger charge is -2.20. The Morgan fingerprint density at radius 3 is 1.39 bits per heavy atom. The van der Waals surface area contributed by atoms with E-state index in [2.05, 4.69) is 55.6 Å². The summed E-state index contributed by atoms with van der Waals surface area (Å²) in [6, 6.07) is -0.775. The maximum atomic E-state index is 12.3. The molecule has 0 aromatic carbocycles. The highest BCUT2D eigenvalue weighted by Gasteiger charge is 2.19. The van der Waals surface area contributed by atoms with E-state index in [-0.39, 0.29) is 18.9 Å². The first-order valence-electron chi connectivity index (χ1n) is 19.4. The van der Waals surface area contributed by atoms with E-state index in [0.717, 1.165) is 44.9 Å². The molecule has 0 heterocycles. The number of allylic oxidation sites excluding steroid dienone is 7. The molecule has 268 valence electrons. The summed E-state index contributed by atoms with van der Waals surface area (Å²) in [5, 5.41) is 33.0. The van der Waals surface area contributed by atoms with E-state index < -0.39 is 18.2 Å². The minimum atomic E-state index is -0.965. The van der Waals surface area contributed by atoms with Crippen LogP contribution in [-0.4, -0.2) is 46.1 Å². The van der Waals surface area contributed by atoms with Crippen molar-refractivity contribution in [2.24, 2.45) is 0 Å². The summed E-state index contributed by atoms with van der Waals surface area (Å²) in [6.07, 6.45) is 45.3. The van der Waals surface area contributed by atoms with E-state index in [1.807, 2.05) is 6.08 Å². The highest BCUT2D eigenvalue weighted by molar-refractivity contribution is 5.76. The zero-order valence-electron chi connectivity index (χ0n) is 30.2. The Kier molecular flexibility index (Phi) is 34.8. The molecule has 4 N–H and O–H groups in total. The highest BCUT2D eigenvalue weighted by atomic mass is 16.3. The SMILES string of the molecule is CCCCCCCC/C=C\CCCC(O)CC(=O)NC(CO)C(O)/C=C/CC/C=C/CC/C=C/CCCCCCCCCCCC. The molecule has 0 rings (SSSR count). The summed E-state index contributed by atoms with van der Waals surface area (Å²) in [5.74, 6) is -0.349. The van der Waals surface area contributed by atoms with Crippen molar-refractivity contribution in [3.05, 3.63) is 48.6 Å². The van der Waals surface area contributed by atoms with Crippen LogP contribution in [0.15, 0.2) is 48.6 Å². The van der Waals surface area contributed by atoms with Gasteiger partial charge in [-0.1, -0.05) is 152 Å². The normalized spacial score (nSPS) is 14.3. The van der Waals surface area contributed by atoms with Gasteiger partial charge in [0, 0.05) is 0 Å². The third-order valence-corrected chi connectivity index (χ3v) is 8.57. The van der Waals surface area contributed by atoms with Crippen molar-refractivity contribution in [3.8, 4) is 0 Å². The van der Waals surface area contributed by atoms with E-state index in [0.29, 0.717) is 6.42 Å². The lowest BCUT2D eigenvalue weighted by Crippen LogP contribution is -2.45. The zero-order valence-corrected chi connectivity index (χ0v) is 30.2. The van der Waals surface area contributed by atoms with E-state index in [4.69, 9.17) is 0 Å². The van der Waals surface area contributed by atoms with Gasteiger partial charge in [0.1, 0.15) is 0 Å². The molecule has 0 fully saturated rings. The zero-order chi connectivity index (χ0) is 33.8. The Hall–Kier alpha value is -1.69. The number of aliphatic hydroxyl groups is 3. The number of aliphatic hydroxyl groups excluding tert-OH is 3. The van der Waals surface area contributed by atoms with Crippen LogP contribution in [0.5, 0.6) is 0 Å². The molecule has 5 heteroatoms. The number of amides is 1. The number of nitrogens with one attached hydrogen (secondary N) is 1. The molecule has 0 bridgehead atoms. The molecule has 0 saturated heterocycles. The van der Waals surface area contributed by atoms with Crippen molar-refractivity contribution in [1.29, 1.82) is 0 Å². The van der Waals surface area contributed by atoms with E-state index in [1.54, 1.807) is 6.08 Å². The van der Waals surface area contributed by atoms with Gasteiger partial charge in [-0.3, -0.25) is 4.79 Å². The first kappa shape index (κ1) is 44.3. The van der Waals surface area contributed by atoms with Crippen LogP contribution in [-0.2, 0) is 4.79 Å². The highest BCUT2D eigenvalue weighted by Crippen LogP contribution is 2.12. The maximum absolute atomic E-state index is 12.3. The molecule has 46 heavy (non-hydrogen) atoms. The van der Waals surface area contributed by atoms with Gasteiger partial charge in [0.05, 0.1) is 31.3 Å². The monoisotopic (exact) mass is 646 g/mol. The summed E-state index contributed by atoms with van der Waals surface area (Å²) in [6.45, 7) is 4.15. The number of carbonyl (C=O) groups is 1. The largest absolute Gasteiger partial charge is 0.394 e. The van der Waals surface area contributed by atoms with Crippen LogP contribution in [0.2, 0.25) is 0 Å². The summed E-state index contributed by atoms with van der Waals surface area (Å²) in [5.41, 5.74) is 0. The van der Waals surface area contributed by atoms with Crippen LogP contribution in [0.25, 0.3) is 0 Å². The van der Waals surface area contributed by atoms with Crippen LogP contribution in [0.4, 0.5) is 0 Å². The molecular formula is C41H75NO4. The molecular weight excluding hydrogens is 570 g/mol. The van der Waals surface area contributed by atoms with Gasteiger partial charge < -0.3 is 20.6 Å². The number of unbranched alkanes of at least 4 members (excludes halogenated alkanes) is 19. The van der Waals surface area contributed by atoms with Crippen LogP contribution in [0.3, 0.4) is 0 Å². The minimum absolute atomic E-state index is 0.0201. The minimum Gasteiger partial charge on any atom is -0.394 e. The predicted molar refractivity (Wildman–Crippen MR) is 199 cm³/mol. The Morgan fingerprint density at radius 1 is 0.543 bits per heavy atom. The lowest BCUT2D eigenvalue weighted by atomic mass is 10.1. The third kappa shape index (κ3) is 32.3.